The predicted molar refractivity (Wildman–Crippen MR) is 69.5 cm³/mol. The van der Waals surface area contributed by atoms with E-state index < -0.39 is 24.0 Å². The number of carboxylic acid groups (broad SMARTS) is 1. The molecule has 0 aliphatic carbocycles. The number of carbonyl (C=O) groups excluding carboxylic acids is 2. The van der Waals surface area contributed by atoms with Gasteiger partial charge in [0, 0.05) is 18.5 Å². The average Bonchev–Trinajstić information content (AvgIpc) is 2.95. The summed E-state index contributed by atoms with van der Waals surface area (Å²) in [6.45, 7) is 2.96. The van der Waals surface area contributed by atoms with E-state index >= 15 is 0 Å². The number of ether oxygens (including phenoxy) is 1. The number of aliphatic carboxylic acids is 1. The van der Waals surface area contributed by atoms with Crippen LogP contribution in [0, 0.1) is 11.8 Å². The topological polar surface area (TPSA) is 89.9 Å². The molecule has 0 aromatic heterocycles. The zero-order chi connectivity index (χ0) is 14.4. The van der Waals surface area contributed by atoms with Crippen LogP contribution in [-0.2, 0) is 14.3 Å². The SMILES string of the molecule is C[C@@H](O)[C@H]1C(=O)N2C(C(=O)[O-])C(CC3CCOC3)S[C@H]12.[Na+]. The van der Waals surface area contributed by atoms with Crippen LogP contribution in [0.3, 0.4) is 0 Å². The molecule has 6 nitrogen and oxygen atoms in total. The number of amides is 1. The fourth-order valence-electron chi connectivity index (χ4n) is 3.38. The van der Waals surface area contributed by atoms with Gasteiger partial charge >= 0.3 is 29.6 Å². The van der Waals surface area contributed by atoms with Crippen molar-refractivity contribution in [2.75, 3.05) is 13.2 Å². The van der Waals surface area contributed by atoms with Gasteiger partial charge in [-0.15, -0.1) is 11.8 Å². The van der Waals surface area contributed by atoms with E-state index in [1.54, 1.807) is 6.92 Å². The minimum atomic E-state index is -1.19. The molecule has 6 atom stereocenters. The summed E-state index contributed by atoms with van der Waals surface area (Å²) in [7, 11) is 0. The standard InChI is InChI=1S/C13H19NO5S.Na/c1-6(15)9-11(16)14-10(13(17)18)8(20-12(9)14)4-7-2-3-19-5-7;/h6-10,12,15H,2-5H2,1H3,(H,17,18);/q;+1/p-1/t6-,7?,8?,9+,10?,12-;/m1./s1. The number of aliphatic hydroxyl groups excluding tert-OH is 1. The number of thioether (sulfide) groups is 1. The number of β-lactam (4-membered cyclic amide) rings is 1. The van der Waals surface area contributed by atoms with Crippen LogP contribution in [-0.4, -0.2) is 57.9 Å². The Morgan fingerprint density at radius 2 is 2.33 bits per heavy atom. The first-order valence-electron chi connectivity index (χ1n) is 6.95. The molecule has 1 N–H and O–H groups in total. The number of nitrogens with zero attached hydrogens (tertiary/aromatic N) is 1. The van der Waals surface area contributed by atoms with Gasteiger partial charge in [0.05, 0.1) is 29.4 Å². The predicted octanol–water partition coefficient (Wildman–Crippen LogP) is -4.18. The normalized spacial score (nSPS) is 39.4. The summed E-state index contributed by atoms with van der Waals surface area (Å²) < 4.78 is 5.32. The van der Waals surface area contributed by atoms with E-state index in [4.69, 9.17) is 4.74 Å². The Balaban J connectivity index is 0.00000161. The third-order valence-electron chi connectivity index (χ3n) is 4.44. The van der Waals surface area contributed by atoms with Crippen molar-refractivity contribution in [2.24, 2.45) is 11.8 Å². The smallest absolute Gasteiger partial charge is 0.548 e. The molecule has 3 heterocycles. The Labute approximate surface area is 149 Å². The maximum Gasteiger partial charge on any atom is 1.00 e. The average molecular weight is 323 g/mol. The molecule has 0 aromatic carbocycles. The second-order valence-electron chi connectivity index (χ2n) is 5.81. The number of hydrogen-bond acceptors (Lipinski definition) is 6. The van der Waals surface area contributed by atoms with Gasteiger partial charge in [-0.1, -0.05) is 0 Å². The molecule has 3 aliphatic rings. The summed E-state index contributed by atoms with van der Waals surface area (Å²) >= 11 is 1.49. The molecule has 0 bridgehead atoms. The molecule has 112 valence electrons. The molecule has 3 unspecified atom stereocenters. The number of hydrogen-bond donors (Lipinski definition) is 1. The van der Waals surface area contributed by atoms with Crippen molar-refractivity contribution in [3.8, 4) is 0 Å². The van der Waals surface area contributed by atoms with Gasteiger partial charge < -0.3 is 24.6 Å². The van der Waals surface area contributed by atoms with Crippen molar-refractivity contribution in [3.63, 3.8) is 0 Å². The van der Waals surface area contributed by atoms with Crippen LogP contribution < -0.4 is 34.7 Å². The van der Waals surface area contributed by atoms with Crippen LogP contribution >= 0.6 is 11.8 Å². The molecule has 0 saturated carbocycles. The zero-order valence-electron chi connectivity index (χ0n) is 12.2. The largest absolute Gasteiger partial charge is 1.00 e. The molecule has 0 spiro atoms. The molecule has 21 heavy (non-hydrogen) atoms. The van der Waals surface area contributed by atoms with Gasteiger partial charge in [-0.2, -0.15) is 0 Å². The van der Waals surface area contributed by atoms with E-state index in [1.807, 2.05) is 0 Å². The van der Waals surface area contributed by atoms with Gasteiger partial charge in [0.1, 0.15) is 0 Å². The molecule has 3 aliphatic heterocycles. The molecule has 3 saturated heterocycles. The fourth-order valence-corrected chi connectivity index (χ4v) is 5.39. The van der Waals surface area contributed by atoms with Crippen LogP contribution in [0.25, 0.3) is 0 Å². The maximum absolute atomic E-state index is 12.0. The minimum absolute atomic E-state index is 0. The number of rotatable bonds is 4. The first-order valence-corrected chi connectivity index (χ1v) is 7.89. The van der Waals surface area contributed by atoms with Gasteiger partial charge in [0.25, 0.3) is 0 Å². The van der Waals surface area contributed by atoms with Crippen LogP contribution in [0.4, 0.5) is 0 Å². The Kier molecular flexibility index (Phi) is 5.66. The van der Waals surface area contributed by atoms with Crippen LogP contribution in [0.2, 0.25) is 0 Å². The first kappa shape index (κ1) is 17.6. The number of carbonyl (C=O) groups is 2. The second-order valence-corrected chi connectivity index (χ2v) is 7.17. The molecule has 0 aromatic rings. The van der Waals surface area contributed by atoms with Crippen molar-refractivity contribution in [1.29, 1.82) is 0 Å². The monoisotopic (exact) mass is 323 g/mol. The van der Waals surface area contributed by atoms with Gasteiger partial charge in [0.2, 0.25) is 5.91 Å². The van der Waals surface area contributed by atoms with Crippen molar-refractivity contribution in [3.05, 3.63) is 0 Å². The summed E-state index contributed by atoms with van der Waals surface area (Å²) in [5.74, 6) is -1.59. The first-order chi connectivity index (χ1) is 9.50. The molecular formula is C13H18NNaO5S. The quantitative estimate of drug-likeness (QED) is 0.417. The summed E-state index contributed by atoms with van der Waals surface area (Å²) in [6.07, 6.45) is 0.915. The van der Waals surface area contributed by atoms with Gasteiger partial charge in [-0.05, 0) is 25.7 Å². The third kappa shape index (κ3) is 3.01. The number of fused-ring (bicyclic) bond motifs is 1. The fraction of sp³-hybridized carbons (Fsp3) is 0.846. The Morgan fingerprint density at radius 3 is 2.86 bits per heavy atom. The maximum atomic E-state index is 12.0. The van der Waals surface area contributed by atoms with E-state index in [9.17, 15) is 19.8 Å². The summed E-state index contributed by atoms with van der Waals surface area (Å²) in [5, 5.41) is 20.6. The minimum Gasteiger partial charge on any atom is -0.548 e. The zero-order valence-corrected chi connectivity index (χ0v) is 15.0. The number of aliphatic hydroxyl groups is 1. The summed E-state index contributed by atoms with van der Waals surface area (Å²) in [5.41, 5.74) is 0. The van der Waals surface area contributed by atoms with Crippen molar-refractivity contribution in [1.82, 2.24) is 4.90 Å². The molecule has 3 rings (SSSR count). The van der Waals surface area contributed by atoms with Gasteiger partial charge in [-0.3, -0.25) is 4.79 Å². The summed E-state index contributed by atoms with van der Waals surface area (Å²) in [6, 6.07) is -0.868. The van der Waals surface area contributed by atoms with Crippen molar-refractivity contribution >= 4 is 23.6 Å². The van der Waals surface area contributed by atoms with Crippen LogP contribution in [0.5, 0.6) is 0 Å². The van der Waals surface area contributed by atoms with Crippen molar-refractivity contribution < 1.29 is 54.1 Å². The Morgan fingerprint density at radius 1 is 1.62 bits per heavy atom. The van der Waals surface area contributed by atoms with E-state index in [2.05, 4.69) is 0 Å². The molecular weight excluding hydrogens is 305 g/mol. The van der Waals surface area contributed by atoms with E-state index in [0.29, 0.717) is 12.5 Å². The third-order valence-corrected chi connectivity index (χ3v) is 6.04. The molecule has 8 heteroatoms. The number of carboxylic acids is 1. The second kappa shape index (κ2) is 6.76. The van der Waals surface area contributed by atoms with E-state index in [-0.39, 0.29) is 46.1 Å². The van der Waals surface area contributed by atoms with E-state index in [0.717, 1.165) is 19.4 Å². The van der Waals surface area contributed by atoms with Crippen LogP contribution in [0.1, 0.15) is 19.8 Å². The Hall–Kier alpha value is 0.210. The van der Waals surface area contributed by atoms with Crippen molar-refractivity contribution in [2.45, 2.75) is 42.5 Å². The summed E-state index contributed by atoms with van der Waals surface area (Å²) in [4.78, 5) is 24.8. The van der Waals surface area contributed by atoms with Gasteiger partial charge in [-0.25, -0.2) is 0 Å². The molecule has 0 radical (unpaired) electrons. The Bertz CT molecular complexity index is 429. The molecule has 3 fully saturated rings. The van der Waals surface area contributed by atoms with Gasteiger partial charge in [0.15, 0.2) is 0 Å². The van der Waals surface area contributed by atoms with E-state index in [1.165, 1.54) is 16.7 Å². The molecule has 1 amide bonds. The van der Waals surface area contributed by atoms with Crippen LogP contribution in [0.15, 0.2) is 0 Å².